The highest BCUT2D eigenvalue weighted by atomic mass is 16.5. The van der Waals surface area contributed by atoms with Gasteiger partial charge in [0, 0.05) is 53.6 Å². The van der Waals surface area contributed by atoms with Gasteiger partial charge in [0.25, 0.3) is 0 Å². The molecule has 1 N–H and O–H groups in total. The molecule has 7 heteroatoms. The third-order valence-electron chi connectivity index (χ3n) is 8.58. The van der Waals surface area contributed by atoms with Crippen LogP contribution in [0, 0.1) is 12.3 Å². The molecular weight excluding hydrogens is 532 g/mol. The summed E-state index contributed by atoms with van der Waals surface area (Å²) in [5.41, 5.74) is 10.1. The molecule has 3 heterocycles. The predicted molar refractivity (Wildman–Crippen MR) is 178 cm³/mol. The lowest BCUT2D eigenvalue weighted by atomic mass is 9.75. The molecule has 0 bridgehead atoms. The molecule has 3 aliphatic rings. The van der Waals surface area contributed by atoms with E-state index < -0.39 is 0 Å². The molecule has 7 nitrogen and oxygen atoms in total. The lowest BCUT2D eigenvalue weighted by Gasteiger charge is -2.36. The Morgan fingerprint density at radius 2 is 1.98 bits per heavy atom. The van der Waals surface area contributed by atoms with Gasteiger partial charge in [-0.2, -0.15) is 0 Å². The van der Waals surface area contributed by atoms with E-state index in [1.165, 1.54) is 41.8 Å². The molecule has 0 radical (unpaired) electrons. The molecule has 1 aliphatic heterocycles. The van der Waals surface area contributed by atoms with E-state index in [-0.39, 0.29) is 5.41 Å². The fourth-order valence-electron chi connectivity index (χ4n) is 6.11. The molecule has 3 aromatic rings. The number of aromatic amines is 1. The number of rotatable bonds is 7. The average Bonchev–Trinajstić information content (AvgIpc) is 3.77. The van der Waals surface area contributed by atoms with Crippen molar-refractivity contribution >= 4 is 16.9 Å². The zero-order valence-electron chi connectivity index (χ0n) is 27.4. The second-order valence-corrected chi connectivity index (χ2v) is 13.4. The Bertz CT molecular complexity index is 1530. The summed E-state index contributed by atoms with van der Waals surface area (Å²) >= 11 is 0. The van der Waals surface area contributed by atoms with Crippen LogP contribution in [-0.2, 0) is 6.54 Å². The highest BCUT2D eigenvalue weighted by Gasteiger charge is 2.31. The fraction of sp³-hybridized carbons (Fsp3) is 0.528. The lowest BCUT2D eigenvalue weighted by molar-refractivity contribution is 0.257. The molecule has 1 fully saturated rings. The summed E-state index contributed by atoms with van der Waals surface area (Å²) < 4.78 is 6.22. The van der Waals surface area contributed by atoms with Gasteiger partial charge in [0.05, 0.1) is 12.1 Å². The van der Waals surface area contributed by atoms with Crippen LogP contribution in [0.4, 0.5) is 0 Å². The number of aliphatic imine (C=N–C) groups is 1. The maximum Gasteiger partial charge on any atom is 0.177 e. The molecule has 0 saturated heterocycles. The number of allylic oxidation sites excluding steroid dienone is 2. The normalized spacial score (nSPS) is 18.6. The van der Waals surface area contributed by atoms with Crippen LogP contribution < -0.4 is 4.74 Å². The summed E-state index contributed by atoms with van der Waals surface area (Å²) in [5, 5.41) is 0. The first-order valence-electron chi connectivity index (χ1n) is 16.1. The van der Waals surface area contributed by atoms with Crippen LogP contribution in [0.1, 0.15) is 84.5 Å². The Labute approximate surface area is 258 Å². The van der Waals surface area contributed by atoms with Crippen molar-refractivity contribution in [2.75, 3.05) is 26.7 Å². The minimum atomic E-state index is 0.236. The quantitative estimate of drug-likeness (QED) is 0.285. The van der Waals surface area contributed by atoms with Crippen LogP contribution in [-0.4, -0.2) is 63.2 Å². The number of aryl methyl sites for hydroxylation is 1. The Morgan fingerprint density at radius 1 is 1.21 bits per heavy atom. The van der Waals surface area contributed by atoms with Gasteiger partial charge in [-0.15, -0.1) is 0 Å². The number of ether oxygens (including phenoxy) is 1. The highest BCUT2D eigenvalue weighted by Crippen LogP contribution is 2.43. The van der Waals surface area contributed by atoms with Gasteiger partial charge in [-0.3, -0.25) is 9.89 Å². The first-order chi connectivity index (χ1) is 20.6. The van der Waals surface area contributed by atoms with E-state index >= 15 is 0 Å². The van der Waals surface area contributed by atoms with Crippen molar-refractivity contribution in [1.82, 2.24) is 24.8 Å². The minimum absolute atomic E-state index is 0.236. The SMILES string of the molecule is C=C(C1=C(N=C(C)CN(C)C2CC2)CCC(C)(C)C1)N1CCOc2ccc(-c3cnc4nc(C)[nH]c4c3)cc2C1.CCC. The topological polar surface area (TPSA) is 69.6 Å². The third-order valence-corrected chi connectivity index (χ3v) is 8.58. The van der Waals surface area contributed by atoms with Crippen LogP contribution in [0.3, 0.4) is 0 Å². The summed E-state index contributed by atoms with van der Waals surface area (Å²) in [5.74, 6) is 1.82. The zero-order valence-corrected chi connectivity index (χ0v) is 27.4. The van der Waals surface area contributed by atoms with E-state index in [0.29, 0.717) is 6.61 Å². The Hall–Kier alpha value is -3.45. The van der Waals surface area contributed by atoms with Crippen LogP contribution in [0.2, 0.25) is 0 Å². The lowest BCUT2D eigenvalue weighted by Crippen LogP contribution is -2.30. The molecule has 0 amide bonds. The van der Waals surface area contributed by atoms with Crippen LogP contribution in [0.15, 0.2) is 59.0 Å². The van der Waals surface area contributed by atoms with Gasteiger partial charge in [0.2, 0.25) is 0 Å². The van der Waals surface area contributed by atoms with Crippen molar-refractivity contribution in [3.63, 3.8) is 0 Å². The number of hydrogen-bond acceptors (Lipinski definition) is 6. The zero-order chi connectivity index (χ0) is 30.7. The number of nitrogens with one attached hydrogen (secondary N) is 1. The molecule has 6 rings (SSSR count). The van der Waals surface area contributed by atoms with E-state index in [2.05, 4.69) is 97.3 Å². The number of aromatic nitrogens is 3. The summed E-state index contributed by atoms with van der Waals surface area (Å²) in [6.07, 6.45) is 8.93. The first-order valence-corrected chi connectivity index (χ1v) is 16.1. The first kappa shape index (κ1) is 31.0. The van der Waals surface area contributed by atoms with Gasteiger partial charge < -0.3 is 14.6 Å². The Morgan fingerprint density at radius 3 is 2.72 bits per heavy atom. The molecular formula is C36H50N6O. The van der Waals surface area contributed by atoms with Crippen molar-refractivity contribution in [3.05, 3.63) is 65.4 Å². The minimum Gasteiger partial charge on any atom is -0.491 e. The molecule has 0 spiro atoms. The molecule has 2 aliphatic carbocycles. The molecule has 0 unspecified atom stereocenters. The van der Waals surface area contributed by atoms with Gasteiger partial charge in [0.15, 0.2) is 5.65 Å². The number of nitrogens with zero attached hydrogens (tertiary/aromatic N) is 5. The third kappa shape index (κ3) is 7.56. The van der Waals surface area contributed by atoms with Crippen LogP contribution >= 0.6 is 0 Å². The standard InChI is InChI=1S/C33H42N6O.C3H8/c1-21(19-38(6)27-8-9-27)35-29-11-12-33(4,5)17-28(29)22(2)39-13-14-40-31-10-7-24(15-26(31)20-39)25-16-30-32(34-18-25)37-23(3)36-30;1-3-2/h7,10,15-16,18,27H,2,8-9,11-14,17,19-20H2,1,3-6H3,(H,34,36,37);3H2,1-2H3. The maximum atomic E-state index is 6.22. The van der Waals surface area contributed by atoms with Gasteiger partial charge in [-0.1, -0.05) is 46.8 Å². The number of imidazole rings is 1. The van der Waals surface area contributed by atoms with E-state index in [4.69, 9.17) is 9.73 Å². The Balaban J connectivity index is 0.00000118. The van der Waals surface area contributed by atoms with E-state index in [0.717, 1.165) is 84.5 Å². The predicted octanol–water partition coefficient (Wildman–Crippen LogP) is 8.08. The van der Waals surface area contributed by atoms with E-state index in [1.807, 2.05) is 13.1 Å². The van der Waals surface area contributed by atoms with Gasteiger partial charge >= 0.3 is 0 Å². The van der Waals surface area contributed by atoms with Gasteiger partial charge in [-0.05, 0) is 87.7 Å². The Kier molecular flexibility index (Phi) is 9.40. The van der Waals surface area contributed by atoms with E-state index in [1.54, 1.807) is 0 Å². The van der Waals surface area contributed by atoms with E-state index in [9.17, 15) is 0 Å². The summed E-state index contributed by atoms with van der Waals surface area (Å²) in [6, 6.07) is 9.32. The van der Waals surface area contributed by atoms with Crippen LogP contribution in [0.25, 0.3) is 22.3 Å². The highest BCUT2D eigenvalue weighted by molar-refractivity contribution is 5.85. The number of H-pyrrole nitrogens is 1. The summed E-state index contributed by atoms with van der Waals surface area (Å²) in [4.78, 5) is 22.4. The number of hydrogen-bond donors (Lipinski definition) is 1. The van der Waals surface area contributed by atoms with Gasteiger partial charge in [-0.25, -0.2) is 9.97 Å². The second-order valence-electron chi connectivity index (χ2n) is 13.4. The fourth-order valence-corrected chi connectivity index (χ4v) is 6.11. The van der Waals surface area contributed by atoms with Gasteiger partial charge in [0.1, 0.15) is 18.2 Å². The van der Waals surface area contributed by atoms with Crippen LogP contribution in [0.5, 0.6) is 5.75 Å². The molecule has 230 valence electrons. The van der Waals surface area contributed by atoms with Crippen molar-refractivity contribution in [2.24, 2.45) is 10.4 Å². The molecule has 1 saturated carbocycles. The number of benzene rings is 1. The smallest absolute Gasteiger partial charge is 0.177 e. The molecule has 1 aromatic carbocycles. The monoisotopic (exact) mass is 582 g/mol. The molecule has 0 atom stereocenters. The number of pyridine rings is 1. The molecule has 43 heavy (non-hydrogen) atoms. The summed E-state index contributed by atoms with van der Waals surface area (Å²) in [7, 11) is 2.22. The van der Waals surface area contributed by atoms with Crippen molar-refractivity contribution < 1.29 is 4.74 Å². The second kappa shape index (κ2) is 13.0. The maximum absolute atomic E-state index is 6.22. The average molecular weight is 583 g/mol. The van der Waals surface area contributed by atoms with Crippen molar-refractivity contribution in [1.29, 1.82) is 0 Å². The summed E-state index contributed by atoms with van der Waals surface area (Å²) in [6.45, 7) is 20.9. The van der Waals surface area contributed by atoms with Crippen molar-refractivity contribution in [2.45, 2.75) is 92.7 Å². The van der Waals surface area contributed by atoms with Crippen molar-refractivity contribution in [3.8, 4) is 16.9 Å². The number of fused-ring (bicyclic) bond motifs is 2. The largest absolute Gasteiger partial charge is 0.491 e. The molecule has 2 aromatic heterocycles.